The largest absolute Gasteiger partial charge is 0.383 e. The zero-order valence-electron chi connectivity index (χ0n) is 13.5. The van der Waals surface area contributed by atoms with Crippen LogP contribution in [-0.2, 0) is 15.9 Å². The van der Waals surface area contributed by atoms with Crippen molar-refractivity contribution in [1.82, 2.24) is 4.90 Å². The molecule has 2 rings (SSSR count). The van der Waals surface area contributed by atoms with Crippen LogP contribution in [-0.4, -0.2) is 57.5 Å². The molecule has 1 heterocycles. The molecule has 1 aromatic rings. The quantitative estimate of drug-likeness (QED) is 0.837. The lowest BCUT2D eigenvalue weighted by Gasteiger charge is -2.35. The predicted octanol–water partition coefficient (Wildman–Crippen LogP) is 2.40. The second kappa shape index (κ2) is 8.37. The minimum Gasteiger partial charge on any atom is -0.383 e. The van der Waals surface area contributed by atoms with E-state index in [1.54, 1.807) is 14.2 Å². The van der Waals surface area contributed by atoms with Crippen molar-refractivity contribution >= 4 is 5.69 Å². The van der Waals surface area contributed by atoms with Crippen molar-refractivity contribution in [2.75, 3.05) is 45.8 Å². The molecule has 118 valence electrons. The second-order valence-corrected chi connectivity index (χ2v) is 5.77. The lowest BCUT2D eigenvalue weighted by molar-refractivity contribution is 0.0483. The Morgan fingerprint density at radius 2 is 2.10 bits per heavy atom. The number of methoxy groups -OCH3 is 2. The van der Waals surface area contributed by atoms with Crippen LogP contribution in [0.4, 0.5) is 5.69 Å². The molecule has 0 aromatic heterocycles. The molecule has 0 aliphatic carbocycles. The SMILES string of the molecule is COCCN(C(C)COC)C1CCc2ccccc2NC1. The van der Waals surface area contributed by atoms with E-state index in [4.69, 9.17) is 9.47 Å². The minimum atomic E-state index is 0.401. The Labute approximate surface area is 128 Å². The van der Waals surface area contributed by atoms with Crippen LogP contribution in [0.15, 0.2) is 24.3 Å². The molecule has 0 spiro atoms. The topological polar surface area (TPSA) is 33.7 Å². The van der Waals surface area contributed by atoms with Gasteiger partial charge in [-0.3, -0.25) is 4.90 Å². The maximum Gasteiger partial charge on any atom is 0.0615 e. The van der Waals surface area contributed by atoms with Gasteiger partial charge in [0, 0.05) is 45.1 Å². The highest BCUT2D eigenvalue weighted by atomic mass is 16.5. The van der Waals surface area contributed by atoms with Gasteiger partial charge in [-0.2, -0.15) is 0 Å². The number of para-hydroxylation sites is 1. The fraction of sp³-hybridized carbons (Fsp3) is 0.647. The fourth-order valence-corrected chi connectivity index (χ4v) is 3.14. The number of rotatable bonds is 7. The zero-order chi connectivity index (χ0) is 15.1. The van der Waals surface area contributed by atoms with E-state index >= 15 is 0 Å². The van der Waals surface area contributed by atoms with Crippen LogP contribution in [0.5, 0.6) is 0 Å². The van der Waals surface area contributed by atoms with E-state index in [0.29, 0.717) is 12.1 Å². The molecular formula is C17H28N2O2. The number of benzene rings is 1. The van der Waals surface area contributed by atoms with E-state index in [9.17, 15) is 0 Å². The molecule has 21 heavy (non-hydrogen) atoms. The summed E-state index contributed by atoms with van der Waals surface area (Å²) in [5, 5.41) is 3.61. The van der Waals surface area contributed by atoms with Crippen LogP contribution in [0.3, 0.4) is 0 Å². The number of hydrogen-bond acceptors (Lipinski definition) is 4. The molecule has 0 saturated heterocycles. The molecule has 0 fully saturated rings. The van der Waals surface area contributed by atoms with Gasteiger partial charge in [-0.05, 0) is 31.4 Å². The molecule has 0 saturated carbocycles. The Balaban J connectivity index is 2.03. The van der Waals surface area contributed by atoms with E-state index in [-0.39, 0.29) is 0 Å². The molecule has 1 aliphatic rings. The van der Waals surface area contributed by atoms with Crippen LogP contribution < -0.4 is 5.32 Å². The van der Waals surface area contributed by atoms with Crippen molar-refractivity contribution in [3.63, 3.8) is 0 Å². The van der Waals surface area contributed by atoms with E-state index in [1.165, 1.54) is 17.7 Å². The van der Waals surface area contributed by atoms with Gasteiger partial charge in [0.2, 0.25) is 0 Å². The Morgan fingerprint density at radius 1 is 1.29 bits per heavy atom. The average molecular weight is 292 g/mol. The Kier molecular flexibility index (Phi) is 6.49. The molecule has 0 radical (unpaired) electrons. The van der Waals surface area contributed by atoms with Gasteiger partial charge in [-0.1, -0.05) is 18.2 Å². The van der Waals surface area contributed by atoms with Crippen LogP contribution >= 0.6 is 0 Å². The molecule has 2 atom stereocenters. The first kappa shape index (κ1) is 16.3. The first-order valence-electron chi connectivity index (χ1n) is 7.81. The van der Waals surface area contributed by atoms with Gasteiger partial charge < -0.3 is 14.8 Å². The van der Waals surface area contributed by atoms with Crippen molar-refractivity contribution in [2.24, 2.45) is 0 Å². The van der Waals surface area contributed by atoms with Gasteiger partial charge in [-0.15, -0.1) is 0 Å². The zero-order valence-corrected chi connectivity index (χ0v) is 13.5. The van der Waals surface area contributed by atoms with E-state index < -0.39 is 0 Å². The molecule has 2 unspecified atom stereocenters. The highest BCUT2D eigenvalue weighted by Gasteiger charge is 2.25. The normalized spacial score (nSPS) is 19.7. The van der Waals surface area contributed by atoms with E-state index in [2.05, 4.69) is 41.4 Å². The molecule has 4 heteroatoms. The number of ether oxygens (including phenoxy) is 2. The predicted molar refractivity (Wildman–Crippen MR) is 87.0 cm³/mol. The second-order valence-electron chi connectivity index (χ2n) is 5.77. The van der Waals surface area contributed by atoms with Gasteiger partial charge >= 0.3 is 0 Å². The van der Waals surface area contributed by atoms with Crippen molar-refractivity contribution in [3.8, 4) is 0 Å². The summed E-state index contributed by atoms with van der Waals surface area (Å²) in [5.74, 6) is 0. The summed E-state index contributed by atoms with van der Waals surface area (Å²) in [6, 6.07) is 9.54. The molecule has 1 aromatic carbocycles. The number of nitrogens with zero attached hydrogens (tertiary/aromatic N) is 1. The third-order valence-corrected chi connectivity index (χ3v) is 4.29. The maximum absolute atomic E-state index is 5.35. The Bertz CT molecular complexity index is 398. The van der Waals surface area contributed by atoms with Crippen molar-refractivity contribution in [1.29, 1.82) is 0 Å². The molecule has 4 nitrogen and oxygen atoms in total. The first-order valence-corrected chi connectivity index (χ1v) is 7.81. The standard InChI is InChI=1S/C17H28N2O2/c1-14(13-21-3)19(10-11-20-2)16-9-8-15-6-4-5-7-17(15)18-12-16/h4-7,14,16,18H,8-13H2,1-3H3. The summed E-state index contributed by atoms with van der Waals surface area (Å²) >= 11 is 0. The summed E-state index contributed by atoms with van der Waals surface area (Å²) in [5.41, 5.74) is 2.71. The van der Waals surface area contributed by atoms with Crippen LogP contribution in [0, 0.1) is 0 Å². The van der Waals surface area contributed by atoms with Crippen LogP contribution in [0.1, 0.15) is 18.9 Å². The summed E-state index contributed by atoms with van der Waals surface area (Å²) in [6.45, 7) is 5.68. The summed E-state index contributed by atoms with van der Waals surface area (Å²) in [6.07, 6.45) is 2.29. The van der Waals surface area contributed by atoms with Crippen molar-refractivity contribution in [3.05, 3.63) is 29.8 Å². The number of fused-ring (bicyclic) bond motifs is 1. The fourth-order valence-electron chi connectivity index (χ4n) is 3.14. The van der Waals surface area contributed by atoms with Crippen LogP contribution in [0.2, 0.25) is 0 Å². The lowest BCUT2D eigenvalue weighted by Crippen LogP contribution is -2.48. The van der Waals surface area contributed by atoms with Crippen molar-refractivity contribution in [2.45, 2.75) is 31.8 Å². The molecule has 0 amide bonds. The average Bonchev–Trinajstić information content (AvgIpc) is 2.71. The van der Waals surface area contributed by atoms with E-state index in [0.717, 1.165) is 32.7 Å². The number of aryl methyl sites for hydroxylation is 1. The highest BCUT2D eigenvalue weighted by Crippen LogP contribution is 2.23. The lowest BCUT2D eigenvalue weighted by atomic mass is 10.0. The number of anilines is 1. The van der Waals surface area contributed by atoms with Gasteiger partial charge in [0.05, 0.1) is 13.2 Å². The molecular weight excluding hydrogens is 264 g/mol. The summed E-state index contributed by atoms with van der Waals surface area (Å²) in [7, 11) is 3.53. The van der Waals surface area contributed by atoms with Gasteiger partial charge in [0.25, 0.3) is 0 Å². The molecule has 0 bridgehead atoms. The molecule has 1 N–H and O–H groups in total. The Morgan fingerprint density at radius 3 is 2.86 bits per heavy atom. The first-order chi connectivity index (χ1) is 10.3. The monoisotopic (exact) mass is 292 g/mol. The Hall–Kier alpha value is -1.10. The van der Waals surface area contributed by atoms with Crippen LogP contribution in [0.25, 0.3) is 0 Å². The minimum absolute atomic E-state index is 0.401. The van der Waals surface area contributed by atoms with Gasteiger partial charge in [0.1, 0.15) is 0 Å². The molecule has 1 aliphatic heterocycles. The van der Waals surface area contributed by atoms with Crippen molar-refractivity contribution < 1.29 is 9.47 Å². The summed E-state index contributed by atoms with van der Waals surface area (Å²) in [4.78, 5) is 2.52. The van der Waals surface area contributed by atoms with E-state index in [1.807, 2.05) is 0 Å². The summed E-state index contributed by atoms with van der Waals surface area (Å²) < 4.78 is 10.6. The third-order valence-electron chi connectivity index (χ3n) is 4.29. The van der Waals surface area contributed by atoms with Gasteiger partial charge in [-0.25, -0.2) is 0 Å². The van der Waals surface area contributed by atoms with Gasteiger partial charge in [0.15, 0.2) is 0 Å². The smallest absolute Gasteiger partial charge is 0.0615 e. The number of nitrogens with one attached hydrogen (secondary N) is 1. The highest BCUT2D eigenvalue weighted by molar-refractivity contribution is 5.52. The number of hydrogen-bond donors (Lipinski definition) is 1. The third kappa shape index (κ3) is 4.43. The maximum atomic E-state index is 5.35.